The second-order valence-corrected chi connectivity index (χ2v) is 5.97. The Morgan fingerprint density at radius 2 is 1.67 bits per heavy atom. The van der Waals surface area contributed by atoms with E-state index in [9.17, 15) is 4.39 Å². The molecule has 0 bridgehead atoms. The molecule has 0 aromatic heterocycles. The van der Waals surface area contributed by atoms with Gasteiger partial charge in [0.1, 0.15) is 5.82 Å². The molecule has 2 rings (SSSR count). The lowest BCUT2D eigenvalue weighted by molar-refractivity contribution is 0.554. The number of likely N-dealkylation sites (N-methyl/N-ethyl adjacent to an activating group) is 1. The average Bonchev–Trinajstić information content (AvgIpc) is 2.47. The van der Waals surface area contributed by atoms with Gasteiger partial charge in [-0.2, -0.15) is 0 Å². The molecule has 112 valence electrons. The summed E-state index contributed by atoms with van der Waals surface area (Å²) in [6.45, 7) is 4.34. The normalized spacial score (nSPS) is 12.7. The summed E-state index contributed by atoms with van der Waals surface area (Å²) >= 11 is 6.12. The van der Waals surface area contributed by atoms with E-state index in [1.165, 1.54) is 11.6 Å². The first kappa shape index (κ1) is 16.0. The lowest BCUT2D eigenvalue weighted by Gasteiger charge is -2.19. The van der Waals surface area contributed by atoms with Crippen LogP contribution in [0.15, 0.2) is 42.5 Å². The van der Waals surface area contributed by atoms with Gasteiger partial charge in [0, 0.05) is 16.6 Å². The Labute approximate surface area is 131 Å². The molecule has 0 saturated heterocycles. The van der Waals surface area contributed by atoms with E-state index in [0.717, 1.165) is 5.56 Å². The number of benzene rings is 2. The van der Waals surface area contributed by atoms with Crippen LogP contribution in [-0.4, -0.2) is 7.05 Å². The predicted molar refractivity (Wildman–Crippen MR) is 87.4 cm³/mol. The van der Waals surface area contributed by atoms with E-state index in [2.05, 4.69) is 43.4 Å². The Bertz CT molecular complexity index is 572. The molecular formula is C18H21ClFN. The van der Waals surface area contributed by atoms with E-state index in [1.54, 1.807) is 12.1 Å². The minimum absolute atomic E-state index is 0.0422. The SMILES string of the molecule is CNC(Cc1c(F)cccc1Cl)c1ccc(C(C)C)cc1. The van der Waals surface area contributed by atoms with E-state index in [1.807, 2.05) is 7.05 Å². The molecule has 0 aliphatic heterocycles. The van der Waals surface area contributed by atoms with Gasteiger partial charge in [-0.05, 0) is 42.6 Å². The highest BCUT2D eigenvalue weighted by molar-refractivity contribution is 6.31. The zero-order valence-corrected chi connectivity index (χ0v) is 13.4. The number of hydrogen-bond acceptors (Lipinski definition) is 1. The lowest BCUT2D eigenvalue weighted by Crippen LogP contribution is -2.19. The molecule has 1 N–H and O–H groups in total. The van der Waals surface area contributed by atoms with E-state index >= 15 is 0 Å². The average molecular weight is 306 g/mol. The molecule has 1 atom stereocenters. The largest absolute Gasteiger partial charge is 0.313 e. The fourth-order valence-corrected chi connectivity index (χ4v) is 2.67. The Hall–Kier alpha value is -1.38. The highest BCUT2D eigenvalue weighted by Crippen LogP contribution is 2.26. The molecular weight excluding hydrogens is 285 g/mol. The Morgan fingerprint density at radius 3 is 2.19 bits per heavy atom. The summed E-state index contributed by atoms with van der Waals surface area (Å²) < 4.78 is 13.9. The second kappa shape index (κ2) is 7.06. The van der Waals surface area contributed by atoms with Crippen LogP contribution < -0.4 is 5.32 Å². The summed E-state index contributed by atoms with van der Waals surface area (Å²) in [7, 11) is 1.88. The molecule has 21 heavy (non-hydrogen) atoms. The fourth-order valence-electron chi connectivity index (χ4n) is 2.43. The van der Waals surface area contributed by atoms with E-state index < -0.39 is 0 Å². The van der Waals surface area contributed by atoms with Crippen molar-refractivity contribution >= 4 is 11.6 Å². The maximum Gasteiger partial charge on any atom is 0.127 e. The van der Waals surface area contributed by atoms with E-state index in [0.29, 0.717) is 22.9 Å². The molecule has 0 aliphatic carbocycles. The van der Waals surface area contributed by atoms with Gasteiger partial charge in [-0.25, -0.2) is 4.39 Å². The molecule has 0 fully saturated rings. The molecule has 0 heterocycles. The quantitative estimate of drug-likeness (QED) is 0.810. The fraction of sp³-hybridized carbons (Fsp3) is 0.333. The van der Waals surface area contributed by atoms with Crippen molar-refractivity contribution in [2.45, 2.75) is 32.2 Å². The van der Waals surface area contributed by atoms with Crippen molar-refractivity contribution < 1.29 is 4.39 Å². The number of nitrogens with one attached hydrogen (secondary N) is 1. The van der Waals surface area contributed by atoms with Crippen molar-refractivity contribution in [2.24, 2.45) is 0 Å². The maximum atomic E-state index is 13.9. The lowest BCUT2D eigenvalue weighted by atomic mass is 9.95. The molecule has 1 unspecified atom stereocenters. The zero-order valence-electron chi connectivity index (χ0n) is 12.7. The molecule has 0 saturated carbocycles. The highest BCUT2D eigenvalue weighted by Gasteiger charge is 2.15. The Balaban J connectivity index is 2.24. The summed E-state index contributed by atoms with van der Waals surface area (Å²) in [5.74, 6) is 0.259. The maximum absolute atomic E-state index is 13.9. The summed E-state index contributed by atoms with van der Waals surface area (Å²) in [6.07, 6.45) is 0.531. The van der Waals surface area contributed by atoms with Gasteiger partial charge in [-0.15, -0.1) is 0 Å². The van der Waals surface area contributed by atoms with Crippen molar-refractivity contribution in [3.05, 3.63) is 70.0 Å². The predicted octanol–water partition coefficient (Wildman–Crippen LogP) is 5.11. The first-order valence-corrected chi connectivity index (χ1v) is 7.60. The van der Waals surface area contributed by atoms with Gasteiger partial charge in [0.15, 0.2) is 0 Å². The third kappa shape index (κ3) is 3.84. The van der Waals surface area contributed by atoms with Gasteiger partial charge in [-0.3, -0.25) is 0 Å². The highest BCUT2D eigenvalue weighted by atomic mass is 35.5. The molecule has 2 aromatic rings. The van der Waals surface area contributed by atoms with Crippen molar-refractivity contribution in [2.75, 3.05) is 7.05 Å². The van der Waals surface area contributed by atoms with Crippen LogP contribution >= 0.6 is 11.6 Å². The first-order chi connectivity index (χ1) is 10.0. The van der Waals surface area contributed by atoms with Crippen LogP contribution in [0, 0.1) is 5.82 Å². The number of rotatable bonds is 5. The molecule has 0 aliphatic rings. The zero-order chi connectivity index (χ0) is 15.4. The third-order valence-corrected chi connectivity index (χ3v) is 4.18. The van der Waals surface area contributed by atoms with Crippen LogP contribution in [0.4, 0.5) is 4.39 Å². The van der Waals surface area contributed by atoms with Gasteiger partial charge in [0.2, 0.25) is 0 Å². The topological polar surface area (TPSA) is 12.0 Å². The first-order valence-electron chi connectivity index (χ1n) is 7.23. The van der Waals surface area contributed by atoms with Crippen molar-refractivity contribution in [3.63, 3.8) is 0 Å². The number of halogens is 2. The summed E-state index contributed by atoms with van der Waals surface area (Å²) in [5.41, 5.74) is 3.00. The van der Waals surface area contributed by atoms with Gasteiger partial charge < -0.3 is 5.32 Å². The van der Waals surface area contributed by atoms with Gasteiger partial charge in [-0.1, -0.05) is 55.8 Å². The van der Waals surface area contributed by atoms with Crippen LogP contribution in [-0.2, 0) is 6.42 Å². The summed E-state index contributed by atoms with van der Waals surface area (Å²) in [4.78, 5) is 0. The van der Waals surface area contributed by atoms with Crippen molar-refractivity contribution in [1.29, 1.82) is 0 Å². The van der Waals surface area contributed by atoms with E-state index in [4.69, 9.17) is 11.6 Å². The van der Waals surface area contributed by atoms with Crippen LogP contribution in [0.3, 0.4) is 0 Å². The monoisotopic (exact) mass is 305 g/mol. The molecule has 2 aromatic carbocycles. The van der Waals surface area contributed by atoms with Crippen LogP contribution in [0.2, 0.25) is 5.02 Å². The molecule has 0 spiro atoms. The minimum atomic E-state index is -0.249. The summed E-state index contributed by atoms with van der Waals surface area (Å²) in [6, 6.07) is 13.3. The van der Waals surface area contributed by atoms with Gasteiger partial charge >= 0.3 is 0 Å². The Kier molecular flexibility index (Phi) is 5.38. The molecule has 0 radical (unpaired) electrons. The Morgan fingerprint density at radius 1 is 1.05 bits per heavy atom. The van der Waals surface area contributed by atoms with Gasteiger partial charge in [0.05, 0.1) is 0 Å². The standard InChI is InChI=1S/C18H21ClFN/c1-12(2)13-7-9-14(10-8-13)18(21-3)11-15-16(19)5-4-6-17(15)20/h4-10,12,18,21H,11H2,1-3H3. The van der Waals surface area contributed by atoms with E-state index in [-0.39, 0.29) is 11.9 Å². The van der Waals surface area contributed by atoms with Gasteiger partial charge in [0.25, 0.3) is 0 Å². The molecule has 1 nitrogen and oxygen atoms in total. The summed E-state index contributed by atoms with van der Waals surface area (Å²) in [5, 5.41) is 3.73. The molecule has 3 heteroatoms. The minimum Gasteiger partial charge on any atom is -0.313 e. The second-order valence-electron chi connectivity index (χ2n) is 5.57. The van der Waals surface area contributed by atoms with Crippen LogP contribution in [0.25, 0.3) is 0 Å². The van der Waals surface area contributed by atoms with Crippen molar-refractivity contribution in [3.8, 4) is 0 Å². The van der Waals surface area contributed by atoms with Crippen LogP contribution in [0.5, 0.6) is 0 Å². The van der Waals surface area contributed by atoms with Crippen LogP contribution in [0.1, 0.15) is 42.5 Å². The smallest absolute Gasteiger partial charge is 0.127 e. The third-order valence-electron chi connectivity index (χ3n) is 3.82. The number of hydrogen-bond donors (Lipinski definition) is 1. The molecule has 0 amide bonds. The van der Waals surface area contributed by atoms with Crippen molar-refractivity contribution in [1.82, 2.24) is 5.32 Å².